The predicted molar refractivity (Wildman–Crippen MR) is 52.1 cm³/mol. The molecule has 1 saturated carbocycles. The van der Waals surface area contributed by atoms with Crippen molar-refractivity contribution in [3.05, 3.63) is 29.3 Å². The molecule has 3 nitrogen and oxygen atoms in total. The monoisotopic (exact) mass is 246 g/mol. The number of carboxylic acids is 1. The number of ether oxygens (including phenoxy) is 1. The first-order valence-corrected chi connectivity index (χ1v) is 5.00. The smallest absolute Gasteiger partial charge is 0.417 e. The van der Waals surface area contributed by atoms with E-state index in [0.29, 0.717) is 0 Å². The number of rotatable bonds is 3. The van der Waals surface area contributed by atoms with Crippen molar-refractivity contribution in [1.82, 2.24) is 0 Å². The molecule has 0 heterocycles. The van der Waals surface area contributed by atoms with Gasteiger partial charge in [-0.2, -0.15) is 13.2 Å². The molecule has 6 heteroatoms. The van der Waals surface area contributed by atoms with Gasteiger partial charge in [0.25, 0.3) is 0 Å². The van der Waals surface area contributed by atoms with Crippen LogP contribution in [0.4, 0.5) is 13.2 Å². The van der Waals surface area contributed by atoms with E-state index in [0.717, 1.165) is 25.0 Å². The Morgan fingerprint density at radius 3 is 2.47 bits per heavy atom. The fraction of sp³-hybridized carbons (Fsp3) is 0.364. The summed E-state index contributed by atoms with van der Waals surface area (Å²) in [6.45, 7) is 0. The summed E-state index contributed by atoms with van der Waals surface area (Å²) in [6.07, 6.45) is -3.36. The van der Waals surface area contributed by atoms with Crippen LogP contribution in [0.2, 0.25) is 0 Å². The molecule has 1 fully saturated rings. The molecule has 1 aliphatic carbocycles. The van der Waals surface area contributed by atoms with Gasteiger partial charge < -0.3 is 9.84 Å². The average molecular weight is 246 g/mol. The number of benzene rings is 1. The molecule has 0 amide bonds. The van der Waals surface area contributed by atoms with Crippen LogP contribution in [-0.2, 0) is 6.18 Å². The van der Waals surface area contributed by atoms with Crippen molar-refractivity contribution in [1.29, 1.82) is 0 Å². The SMILES string of the molecule is O=C(O)c1c(OC2CC2)cccc1C(F)(F)F. The van der Waals surface area contributed by atoms with Crippen molar-refractivity contribution >= 4 is 5.97 Å². The second kappa shape index (κ2) is 3.94. The summed E-state index contributed by atoms with van der Waals surface area (Å²) in [5.74, 6) is -1.84. The second-order valence-electron chi connectivity index (χ2n) is 3.80. The summed E-state index contributed by atoms with van der Waals surface area (Å²) < 4.78 is 43.0. The molecule has 92 valence electrons. The third-order valence-corrected chi connectivity index (χ3v) is 2.36. The van der Waals surface area contributed by atoms with Crippen molar-refractivity contribution in [3.8, 4) is 5.75 Å². The predicted octanol–water partition coefficient (Wildman–Crippen LogP) is 2.94. The highest BCUT2D eigenvalue weighted by atomic mass is 19.4. The van der Waals surface area contributed by atoms with Crippen LogP contribution in [0.1, 0.15) is 28.8 Å². The molecule has 0 aliphatic heterocycles. The Balaban J connectivity index is 2.47. The van der Waals surface area contributed by atoms with Crippen LogP contribution in [0, 0.1) is 0 Å². The topological polar surface area (TPSA) is 46.5 Å². The highest BCUT2D eigenvalue weighted by Crippen LogP contribution is 2.37. The first-order valence-electron chi connectivity index (χ1n) is 5.00. The maximum Gasteiger partial charge on any atom is 0.417 e. The van der Waals surface area contributed by atoms with Gasteiger partial charge in [-0.3, -0.25) is 0 Å². The summed E-state index contributed by atoms with van der Waals surface area (Å²) in [5, 5.41) is 8.86. The van der Waals surface area contributed by atoms with Crippen molar-refractivity contribution < 1.29 is 27.8 Å². The molecule has 0 bridgehead atoms. The van der Waals surface area contributed by atoms with Gasteiger partial charge >= 0.3 is 12.1 Å². The molecular formula is C11H9F3O3. The van der Waals surface area contributed by atoms with Crippen LogP contribution in [0.3, 0.4) is 0 Å². The van der Waals surface area contributed by atoms with E-state index in [1.165, 1.54) is 6.07 Å². The van der Waals surface area contributed by atoms with Gasteiger partial charge in [0.1, 0.15) is 11.3 Å². The highest BCUT2D eigenvalue weighted by Gasteiger charge is 2.38. The quantitative estimate of drug-likeness (QED) is 0.891. The van der Waals surface area contributed by atoms with E-state index in [4.69, 9.17) is 9.84 Å². The fourth-order valence-electron chi connectivity index (χ4n) is 1.45. The number of carbonyl (C=O) groups is 1. The Kier molecular flexibility index (Phi) is 2.73. The van der Waals surface area contributed by atoms with Crippen LogP contribution < -0.4 is 4.74 Å². The highest BCUT2D eigenvalue weighted by molar-refractivity contribution is 5.93. The van der Waals surface area contributed by atoms with Gasteiger partial charge in [0.2, 0.25) is 0 Å². The molecule has 1 N–H and O–H groups in total. The lowest BCUT2D eigenvalue weighted by Crippen LogP contribution is -2.15. The Morgan fingerprint density at radius 2 is 2.00 bits per heavy atom. The largest absolute Gasteiger partial charge is 0.490 e. The number of alkyl halides is 3. The number of carboxylic acid groups (broad SMARTS) is 1. The van der Waals surface area contributed by atoms with Gasteiger partial charge in [0, 0.05) is 0 Å². The molecule has 0 radical (unpaired) electrons. The average Bonchev–Trinajstić information content (AvgIpc) is 2.99. The molecule has 17 heavy (non-hydrogen) atoms. The molecule has 2 rings (SSSR count). The molecule has 1 aliphatic rings. The normalized spacial score (nSPS) is 15.7. The lowest BCUT2D eigenvalue weighted by atomic mass is 10.1. The molecular weight excluding hydrogens is 237 g/mol. The van der Waals surface area contributed by atoms with Crippen molar-refractivity contribution in [2.45, 2.75) is 25.1 Å². The van der Waals surface area contributed by atoms with Gasteiger partial charge in [-0.1, -0.05) is 6.07 Å². The minimum atomic E-state index is -4.70. The van der Waals surface area contributed by atoms with E-state index in [2.05, 4.69) is 0 Å². The first kappa shape index (κ1) is 11.8. The van der Waals surface area contributed by atoms with E-state index in [1.54, 1.807) is 0 Å². The van der Waals surface area contributed by atoms with Crippen molar-refractivity contribution in [2.75, 3.05) is 0 Å². The molecule has 0 atom stereocenters. The van der Waals surface area contributed by atoms with Crippen LogP contribution in [0.5, 0.6) is 5.75 Å². The molecule has 0 saturated heterocycles. The van der Waals surface area contributed by atoms with Crippen LogP contribution in [0.15, 0.2) is 18.2 Å². The molecule has 1 aromatic carbocycles. The lowest BCUT2D eigenvalue weighted by molar-refractivity contribution is -0.138. The van der Waals surface area contributed by atoms with Gasteiger partial charge in [-0.15, -0.1) is 0 Å². The van der Waals surface area contributed by atoms with Crippen LogP contribution in [0.25, 0.3) is 0 Å². The van der Waals surface area contributed by atoms with Gasteiger partial charge in [0.05, 0.1) is 11.7 Å². The number of halogens is 3. The minimum Gasteiger partial charge on any atom is -0.490 e. The number of hydrogen-bond acceptors (Lipinski definition) is 2. The molecule has 0 unspecified atom stereocenters. The number of aromatic carboxylic acids is 1. The van der Waals surface area contributed by atoms with Crippen molar-refractivity contribution in [3.63, 3.8) is 0 Å². The maximum atomic E-state index is 12.6. The van der Waals surface area contributed by atoms with Crippen LogP contribution in [-0.4, -0.2) is 17.2 Å². The van der Waals surface area contributed by atoms with Gasteiger partial charge in [0.15, 0.2) is 0 Å². The summed E-state index contributed by atoms with van der Waals surface area (Å²) in [7, 11) is 0. The lowest BCUT2D eigenvalue weighted by Gasteiger charge is -2.14. The van der Waals surface area contributed by atoms with E-state index >= 15 is 0 Å². The Morgan fingerprint density at radius 1 is 1.35 bits per heavy atom. The van der Waals surface area contributed by atoms with Gasteiger partial charge in [-0.05, 0) is 25.0 Å². The van der Waals surface area contributed by atoms with E-state index in [-0.39, 0.29) is 11.9 Å². The summed E-state index contributed by atoms with van der Waals surface area (Å²) in [6, 6.07) is 3.13. The molecule has 1 aromatic rings. The Bertz CT molecular complexity index is 450. The third kappa shape index (κ3) is 2.51. The summed E-state index contributed by atoms with van der Waals surface area (Å²) >= 11 is 0. The van der Waals surface area contributed by atoms with Crippen molar-refractivity contribution in [2.24, 2.45) is 0 Å². The molecule has 0 spiro atoms. The Hall–Kier alpha value is -1.72. The Labute approximate surface area is 94.8 Å². The van der Waals surface area contributed by atoms with Gasteiger partial charge in [-0.25, -0.2) is 4.79 Å². The number of hydrogen-bond donors (Lipinski definition) is 1. The van der Waals surface area contributed by atoms with E-state index < -0.39 is 23.3 Å². The standard InChI is InChI=1S/C11H9F3O3/c12-11(13,14)7-2-1-3-8(9(7)10(15)16)17-6-4-5-6/h1-3,6H,4-5H2,(H,15,16). The summed E-state index contributed by atoms with van der Waals surface area (Å²) in [4.78, 5) is 10.9. The van der Waals surface area contributed by atoms with E-state index in [1.807, 2.05) is 0 Å². The maximum absolute atomic E-state index is 12.6. The summed E-state index contributed by atoms with van der Waals surface area (Å²) in [5.41, 5.74) is -1.99. The van der Waals surface area contributed by atoms with E-state index in [9.17, 15) is 18.0 Å². The zero-order valence-corrected chi connectivity index (χ0v) is 8.62. The zero-order chi connectivity index (χ0) is 12.6. The van der Waals surface area contributed by atoms with Crippen LogP contribution >= 0.6 is 0 Å². The minimum absolute atomic E-state index is 0.156. The third-order valence-electron chi connectivity index (χ3n) is 2.36. The first-order chi connectivity index (χ1) is 7.89. The fourth-order valence-corrected chi connectivity index (χ4v) is 1.45. The second-order valence-corrected chi connectivity index (χ2v) is 3.80. The zero-order valence-electron chi connectivity index (χ0n) is 8.62. The molecule has 0 aromatic heterocycles.